The van der Waals surface area contributed by atoms with Gasteiger partial charge in [0.15, 0.2) is 0 Å². The lowest BCUT2D eigenvalue weighted by Crippen LogP contribution is -2.43. The predicted molar refractivity (Wildman–Crippen MR) is 78.7 cm³/mol. The highest BCUT2D eigenvalue weighted by atomic mass is 16.5. The van der Waals surface area contributed by atoms with E-state index in [0.717, 1.165) is 29.3 Å². The summed E-state index contributed by atoms with van der Waals surface area (Å²) in [5.74, 6) is -0.389. The van der Waals surface area contributed by atoms with Gasteiger partial charge in [-0.15, -0.1) is 0 Å². The minimum Gasteiger partial charge on any atom is -0.467 e. The molecule has 1 aromatic carbocycles. The highest BCUT2D eigenvalue weighted by Crippen LogP contribution is 2.29. The van der Waals surface area contributed by atoms with Crippen molar-refractivity contribution in [3.63, 3.8) is 0 Å². The van der Waals surface area contributed by atoms with E-state index in [1.807, 2.05) is 30.5 Å². The normalized spacial score (nSPS) is 15.7. The van der Waals surface area contributed by atoms with Gasteiger partial charge >= 0.3 is 5.97 Å². The largest absolute Gasteiger partial charge is 0.467 e. The van der Waals surface area contributed by atoms with Crippen molar-refractivity contribution in [3.05, 3.63) is 36.0 Å². The van der Waals surface area contributed by atoms with Crippen molar-refractivity contribution in [2.75, 3.05) is 7.11 Å². The second-order valence-corrected chi connectivity index (χ2v) is 5.42. The summed E-state index contributed by atoms with van der Waals surface area (Å²) >= 11 is 0. The van der Waals surface area contributed by atoms with Crippen molar-refractivity contribution >= 4 is 22.8 Å². The number of benzene rings is 1. The Balaban J connectivity index is 1.79. The molecule has 3 rings (SSSR count). The lowest BCUT2D eigenvalue weighted by molar-refractivity contribution is -0.145. The quantitative estimate of drug-likeness (QED) is 0.823. The number of ether oxygens (including phenoxy) is 1. The van der Waals surface area contributed by atoms with Crippen LogP contribution in [0.4, 0.5) is 0 Å². The molecule has 110 valence electrons. The molecule has 5 heteroatoms. The molecule has 0 bridgehead atoms. The van der Waals surface area contributed by atoms with Crippen molar-refractivity contribution in [2.45, 2.75) is 25.3 Å². The van der Waals surface area contributed by atoms with E-state index in [0.29, 0.717) is 6.42 Å². The molecule has 2 aromatic rings. The van der Waals surface area contributed by atoms with E-state index in [2.05, 4.69) is 10.3 Å². The Kier molecular flexibility index (Phi) is 3.64. The summed E-state index contributed by atoms with van der Waals surface area (Å²) in [4.78, 5) is 27.0. The van der Waals surface area contributed by atoms with Crippen LogP contribution in [-0.4, -0.2) is 30.0 Å². The van der Waals surface area contributed by atoms with Crippen molar-refractivity contribution in [3.8, 4) is 0 Å². The van der Waals surface area contributed by atoms with Gasteiger partial charge in [0, 0.05) is 29.4 Å². The van der Waals surface area contributed by atoms with Crippen LogP contribution in [0.2, 0.25) is 0 Å². The summed E-state index contributed by atoms with van der Waals surface area (Å²) < 4.78 is 4.81. The third kappa shape index (κ3) is 2.91. The molecule has 1 saturated carbocycles. The van der Waals surface area contributed by atoms with Gasteiger partial charge in [0.25, 0.3) is 0 Å². The zero-order valence-electron chi connectivity index (χ0n) is 11.9. The predicted octanol–water partition coefficient (Wildman–Crippen LogP) is 1.78. The first-order valence-corrected chi connectivity index (χ1v) is 7.12. The standard InChI is InChI=1S/C16H18N2O3/c1-21-16(20)14(18-15(19)10-6-7-10)8-11-9-17-13-5-3-2-4-12(11)13/h2-5,9-10,14,17H,6-8H2,1H3,(H,18,19)/t14-/m0/s1. The number of fused-ring (bicyclic) bond motifs is 1. The van der Waals surface area contributed by atoms with E-state index in [4.69, 9.17) is 4.74 Å². The molecule has 1 atom stereocenters. The number of aromatic amines is 1. The summed E-state index contributed by atoms with van der Waals surface area (Å²) in [6, 6.07) is 7.25. The molecule has 1 fully saturated rings. The minimum absolute atomic E-state index is 0.0507. The summed E-state index contributed by atoms with van der Waals surface area (Å²) in [6.07, 6.45) is 4.12. The fourth-order valence-electron chi connectivity index (χ4n) is 2.49. The van der Waals surface area contributed by atoms with E-state index in [-0.39, 0.29) is 11.8 Å². The number of carbonyl (C=O) groups excluding carboxylic acids is 2. The van der Waals surface area contributed by atoms with Crippen molar-refractivity contribution in [2.24, 2.45) is 5.92 Å². The molecule has 5 nitrogen and oxygen atoms in total. The maximum Gasteiger partial charge on any atom is 0.328 e. The fraction of sp³-hybridized carbons (Fsp3) is 0.375. The highest BCUT2D eigenvalue weighted by molar-refractivity contribution is 5.88. The van der Waals surface area contributed by atoms with E-state index in [1.165, 1.54) is 7.11 Å². The van der Waals surface area contributed by atoms with Gasteiger partial charge in [-0.1, -0.05) is 18.2 Å². The first-order chi connectivity index (χ1) is 10.2. The lowest BCUT2D eigenvalue weighted by atomic mass is 10.0. The van der Waals surface area contributed by atoms with Crippen LogP contribution in [0.15, 0.2) is 30.5 Å². The molecule has 21 heavy (non-hydrogen) atoms. The SMILES string of the molecule is COC(=O)[C@H](Cc1c[nH]c2ccccc12)NC(=O)C1CC1. The lowest BCUT2D eigenvalue weighted by Gasteiger charge is -2.16. The minimum atomic E-state index is -0.637. The number of amides is 1. The first kappa shape index (κ1) is 13.7. The van der Waals surface area contributed by atoms with Gasteiger partial charge in [0.1, 0.15) is 6.04 Å². The summed E-state index contributed by atoms with van der Waals surface area (Å²) in [5, 5.41) is 3.87. The second-order valence-electron chi connectivity index (χ2n) is 5.42. The number of para-hydroxylation sites is 1. The summed E-state index contributed by atoms with van der Waals surface area (Å²) in [5.41, 5.74) is 2.02. The molecule has 0 spiro atoms. The molecule has 1 aromatic heterocycles. The number of H-pyrrole nitrogens is 1. The summed E-state index contributed by atoms with van der Waals surface area (Å²) in [7, 11) is 1.34. The Labute approximate surface area is 122 Å². The van der Waals surface area contributed by atoms with Crippen LogP contribution in [0.25, 0.3) is 10.9 Å². The molecule has 1 heterocycles. The zero-order chi connectivity index (χ0) is 14.8. The van der Waals surface area contributed by atoms with Gasteiger partial charge in [-0.25, -0.2) is 4.79 Å². The molecule has 2 N–H and O–H groups in total. The van der Waals surface area contributed by atoms with Crippen LogP contribution < -0.4 is 5.32 Å². The van der Waals surface area contributed by atoms with Crippen LogP contribution in [0, 0.1) is 5.92 Å². The number of aromatic nitrogens is 1. The van der Waals surface area contributed by atoms with Crippen LogP contribution >= 0.6 is 0 Å². The second kappa shape index (κ2) is 5.60. The molecule has 1 aliphatic carbocycles. The maximum absolute atomic E-state index is 11.9. The molecular formula is C16H18N2O3. The Hall–Kier alpha value is -2.30. The highest BCUT2D eigenvalue weighted by Gasteiger charge is 2.33. The van der Waals surface area contributed by atoms with Gasteiger partial charge in [-0.3, -0.25) is 4.79 Å². The van der Waals surface area contributed by atoms with Gasteiger partial charge < -0.3 is 15.0 Å². The first-order valence-electron chi connectivity index (χ1n) is 7.12. The Bertz CT molecular complexity index is 673. The molecule has 0 saturated heterocycles. The zero-order valence-corrected chi connectivity index (χ0v) is 11.9. The molecular weight excluding hydrogens is 268 g/mol. The van der Waals surface area contributed by atoms with Crippen LogP contribution in [0.5, 0.6) is 0 Å². The number of carbonyl (C=O) groups is 2. The van der Waals surface area contributed by atoms with Crippen LogP contribution in [0.3, 0.4) is 0 Å². The van der Waals surface area contributed by atoms with Gasteiger partial charge in [-0.2, -0.15) is 0 Å². The van der Waals surface area contributed by atoms with Crippen molar-refractivity contribution in [1.82, 2.24) is 10.3 Å². The third-order valence-electron chi connectivity index (χ3n) is 3.85. The van der Waals surface area contributed by atoms with Crippen LogP contribution in [-0.2, 0) is 20.7 Å². The van der Waals surface area contributed by atoms with Gasteiger partial charge in [0.05, 0.1) is 7.11 Å². The van der Waals surface area contributed by atoms with E-state index in [9.17, 15) is 9.59 Å². The Morgan fingerprint density at radius 2 is 2.14 bits per heavy atom. The monoisotopic (exact) mass is 286 g/mol. The molecule has 1 amide bonds. The van der Waals surface area contributed by atoms with Gasteiger partial charge in [0.2, 0.25) is 5.91 Å². The average molecular weight is 286 g/mol. The number of hydrogen-bond donors (Lipinski definition) is 2. The molecule has 1 aliphatic rings. The molecule has 0 unspecified atom stereocenters. The maximum atomic E-state index is 11.9. The summed E-state index contributed by atoms with van der Waals surface area (Å²) in [6.45, 7) is 0. The van der Waals surface area contributed by atoms with E-state index in [1.54, 1.807) is 0 Å². The van der Waals surface area contributed by atoms with Crippen molar-refractivity contribution in [1.29, 1.82) is 0 Å². The number of esters is 1. The van der Waals surface area contributed by atoms with Gasteiger partial charge in [-0.05, 0) is 24.5 Å². The number of hydrogen-bond acceptors (Lipinski definition) is 3. The smallest absolute Gasteiger partial charge is 0.328 e. The molecule has 0 radical (unpaired) electrons. The van der Waals surface area contributed by atoms with Crippen molar-refractivity contribution < 1.29 is 14.3 Å². The van der Waals surface area contributed by atoms with E-state index >= 15 is 0 Å². The number of nitrogens with one attached hydrogen (secondary N) is 2. The topological polar surface area (TPSA) is 71.2 Å². The Morgan fingerprint density at radius 3 is 2.86 bits per heavy atom. The third-order valence-corrected chi connectivity index (χ3v) is 3.85. The average Bonchev–Trinajstić information content (AvgIpc) is 3.28. The molecule has 0 aliphatic heterocycles. The van der Waals surface area contributed by atoms with Crippen LogP contribution in [0.1, 0.15) is 18.4 Å². The number of rotatable bonds is 5. The Morgan fingerprint density at radius 1 is 1.38 bits per heavy atom. The fourth-order valence-corrected chi connectivity index (χ4v) is 2.49. The number of methoxy groups -OCH3 is 1. The van der Waals surface area contributed by atoms with E-state index < -0.39 is 12.0 Å².